The van der Waals surface area contributed by atoms with Crippen molar-refractivity contribution >= 4 is 47.2 Å². The summed E-state index contributed by atoms with van der Waals surface area (Å²) in [5.74, 6) is -2.92. The first-order valence-electron chi connectivity index (χ1n) is 18.0. The van der Waals surface area contributed by atoms with Gasteiger partial charge >= 0.3 is 0 Å². The molecule has 1 saturated carbocycles. The van der Waals surface area contributed by atoms with Gasteiger partial charge in [0.1, 0.15) is 11.5 Å². The van der Waals surface area contributed by atoms with Crippen LogP contribution in [0.25, 0.3) is 12.2 Å². The van der Waals surface area contributed by atoms with Crippen LogP contribution in [0, 0.1) is 29.1 Å². The van der Waals surface area contributed by atoms with Crippen LogP contribution in [-0.2, 0) is 19.2 Å². The van der Waals surface area contributed by atoms with Gasteiger partial charge in [-0.1, -0.05) is 60.2 Å². The molecule has 3 fully saturated rings. The van der Waals surface area contributed by atoms with Crippen LogP contribution in [0.1, 0.15) is 42.4 Å². The summed E-state index contributed by atoms with van der Waals surface area (Å²) in [6.45, 7) is 1.82. The van der Waals surface area contributed by atoms with Crippen LogP contribution < -0.4 is 24.0 Å². The molecule has 2 aliphatic carbocycles. The third kappa shape index (κ3) is 5.30. The molecule has 2 saturated heterocycles. The fourth-order valence-corrected chi connectivity index (χ4v) is 9.25. The maximum Gasteiger partial charge on any atom is 0.241 e. The number of rotatable bonds is 8. The van der Waals surface area contributed by atoms with Crippen molar-refractivity contribution in [1.29, 1.82) is 0 Å². The van der Waals surface area contributed by atoms with Gasteiger partial charge in [-0.2, -0.15) is 0 Å². The number of para-hydroxylation sites is 1. The van der Waals surface area contributed by atoms with Gasteiger partial charge in [-0.3, -0.25) is 24.1 Å². The van der Waals surface area contributed by atoms with Gasteiger partial charge in [0, 0.05) is 11.5 Å². The average Bonchev–Trinajstić information content (AvgIpc) is 3.56. The van der Waals surface area contributed by atoms with E-state index in [1.165, 1.54) is 16.9 Å². The summed E-state index contributed by atoms with van der Waals surface area (Å²) < 4.78 is 16.2. The number of fused-ring (bicyclic) bond motifs is 4. The van der Waals surface area contributed by atoms with E-state index in [0.29, 0.717) is 34.9 Å². The molecule has 2 heterocycles. The molecule has 6 atom stereocenters. The lowest BCUT2D eigenvalue weighted by molar-refractivity contribution is -0.131. The highest BCUT2D eigenvalue weighted by Gasteiger charge is 2.67. The van der Waals surface area contributed by atoms with Crippen LogP contribution in [0.4, 0.5) is 11.4 Å². The fraction of sp³-hybridized carbons (Fsp3) is 0.273. The quantitative estimate of drug-likeness (QED) is 0.117. The first kappa shape index (κ1) is 34.9. The zero-order chi connectivity index (χ0) is 37.9. The number of hydrogen-bond acceptors (Lipinski definition) is 8. The Labute approximate surface area is 313 Å². The van der Waals surface area contributed by atoms with E-state index in [1.807, 2.05) is 61.5 Å². The van der Waals surface area contributed by atoms with Crippen molar-refractivity contribution in [2.24, 2.45) is 29.1 Å². The number of hydrogen-bond donors (Lipinski definition) is 1. The maximum absolute atomic E-state index is 14.6. The van der Waals surface area contributed by atoms with E-state index in [0.717, 1.165) is 16.7 Å². The zero-order valence-corrected chi connectivity index (χ0v) is 30.4. The van der Waals surface area contributed by atoms with Crippen molar-refractivity contribution < 1.29 is 38.5 Å². The van der Waals surface area contributed by atoms with Crippen molar-refractivity contribution in [3.8, 4) is 23.0 Å². The Kier molecular flexibility index (Phi) is 8.63. The number of carbonyl (C=O) groups is 4. The van der Waals surface area contributed by atoms with Crippen LogP contribution in [0.3, 0.4) is 0 Å². The number of aromatic hydroxyl groups is 1. The zero-order valence-electron chi connectivity index (χ0n) is 30.4. The molecule has 4 aliphatic rings. The smallest absolute Gasteiger partial charge is 0.241 e. The van der Waals surface area contributed by atoms with E-state index in [9.17, 15) is 24.3 Å². The van der Waals surface area contributed by atoms with Gasteiger partial charge in [0.2, 0.25) is 23.6 Å². The number of methoxy groups -OCH3 is 3. The van der Waals surface area contributed by atoms with Crippen LogP contribution in [-0.4, -0.2) is 50.1 Å². The molecule has 6 unspecified atom stereocenters. The molecule has 0 spiro atoms. The third-order valence-electron chi connectivity index (χ3n) is 11.9. The Hall–Kier alpha value is -6.16. The molecule has 0 bridgehead atoms. The molecule has 1 N–H and O–H groups in total. The highest BCUT2D eigenvalue weighted by molar-refractivity contribution is 6.25. The number of nitrogens with zero attached hydrogens (tertiary/aromatic N) is 2. The highest BCUT2D eigenvalue weighted by Crippen LogP contribution is 2.64. The number of imide groups is 2. The Bertz CT molecular complexity index is 2250. The molecule has 4 amide bonds. The summed E-state index contributed by atoms with van der Waals surface area (Å²) in [5.41, 5.74) is 2.90. The molecule has 274 valence electrons. The molecule has 4 aromatic carbocycles. The largest absolute Gasteiger partial charge is 0.504 e. The van der Waals surface area contributed by atoms with Gasteiger partial charge in [0.25, 0.3) is 0 Å². The lowest BCUT2D eigenvalue weighted by Crippen LogP contribution is -2.48. The van der Waals surface area contributed by atoms with Crippen LogP contribution in [0.2, 0.25) is 0 Å². The van der Waals surface area contributed by atoms with E-state index in [-0.39, 0.29) is 41.5 Å². The number of anilines is 2. The van der Waals surface area contributed by atoms with E-state index >= 15 is 0 Å². The van der Waals surface area contributed by atoms with Gasteiger partial charge in [0.15, 0.2) is 11.5 Å². The van der Waals surface area contributed by atoms with Gasteiger partial charge in [-0.15, -0.1) is 0 Å². The average molecular weight is 725 g/mol. The summed E-state index contributed by atoms with van der Waals surface area (Å²) in [6.07, 6.45) is 6.37. The third-order valence-corrected chi connectivity index (χ3v) is 11.9. The first-order chi connectivity index (χ1) is 26.1. The number of phenolic OH excluding ortho intramolecular Hbond substituents is 1. The predicted molar refractivity (Wildman–Crippen MR) is 203 cm³/mol. The molecule has 8 rings (SSSR count). The molecule has 10 heteroatoms. The normalized spacial score (nSPS) is 26.1. The second kappa shape index (κ2) is 13.4. The number of ether oxygens (including phenoxy) is 3. The predicted octanol–water partition coefficient (Wildman–Crippen LogP) is 7.02. The fourth-order valence-electron chi connectivity index (χ4n) is 9.25. The molecule has 0 radical (unpaired) electrons. The SMILES string of the molecule is COc1ccc(OC)c(C=Cc2ccc(N3C(=O)C4CC=C5C(CC6C(=O)N(c7ccccc7)C(=O)C6(C)C5c5ccc(OC)c(O)c5)C4C3=O)cc2)c1. The first-order valence-corrected chi connectivity index (χ1v) is 18.0. The number of carbonyl (C=O) groups excluding carboxylic acids is 4. The Balaban J connectivity index is 1.14. The van der Waals surface area contributed by atoms with Crippen molar-refractivity contribution in [1.82, 2.24) is 0 Å². The second-order valence-electron chi connectivity index (χ2n) is 14.5. The van der Waals surface area contributed by atoms with Crippen molar-refractivity contribution in [2.75, 3.05) is 31.1 Å². The summed E-state index contributed by atoms with van der Waals surface area (Å²) in [4.78, 5) is 60.2. The van der Waals surface area contributed by atoms with Crippen LogP contribution in [0.15, 0.2) is 103 Å². The topological polar surface area (TPSA) is 123 Å². The van der Waals surface area contributed by atoms with Crippen LogP contribution >= 0.6 is 0 Å². The lowest BCUT2D eigenvalue weighted by atomic mass is 9.51. The van der Waals surface area contributed by atoms with Crippen molar-refractivity contribution in [2.45, 2.75) is 25.7 Å². The molecule has 2 aliphatic heterocycles. The molecular formula is C44H40N2O8. The molecular weight excluding hydrogens is 684 g/mol. The van der Waals surface area contributed by atoms with E-state index in [4.69, 9.17) is 14.2 Å². The van der Waals surface area contributed by atoms with E-state index < -0.39 is 35.0 Å². The minimum atomic E-state index is -1.22. The second-order valence-corrected chi connectivity index (χ2v) is 14.5. The number of amides is 4. The minimum Gasteiger partial charge on any atom is -0.504 e. The lowest BCUT2D eigenvalue weighted by Gasteiger charge is -2.49. The van der Waals surface area contributed by atoms with Crippen molar-refractivity contribution in [3.63, 3.8) is 0 Å². The number of benzene rings is 4. The number of allylic oxidation sites excluding steroid dienone is 2. The van der Waals surface area contributed by atoms with Gasteiger partial charge < -0.3 is 19.3 Å². The summed E-state index contributed by atoms with van der Waals surface area (Å²) >= 11 is 0. The number of phenols is 1. The summed E-state index contributed by atoms with van der Waals surface area (Å²) in [5, 5.41) is 10.9. The Morgan fingerprint density at radius 3 is 2.11 bits per heavy atom. The van der Waals surface area contributed by atoms with E-state index in [1.54, 1.807) is 68.8 Å². The molecule has 54 heavy (non-hydrogen) atoms. The molecule has 0 aromatic heterocycles. The maximum atomic E-state index is 14.6. The van der Waals surface area contributed by atoms with Gasteiger partial charge in [0.05, 0.1) is 55.9 Å². The summed E-state index contributed by atoms with van der Waals surface area (Å²) in [7, 11) is 4.67. The highest BCUT2D eigenvalue weighted by atomic mass is 16.5. The molecule has 10 nitrogen and oxygen atoms in total. The summed E-state index contributed by atoms with van der Waals surface area (Å²) in [6, 6.07) is 26.7. The standard InChI is InChI=1S/C44H40N2O8/c1-44-34(41(49)46(43(44)51)28-8-6-5-7-9-28)24-33-31(39(44)27-14-20-37(54-4)35(47)23-27)18-19-32-38(33)42(50)45(40(32)48)29-15-11-25(12-16-29)10-13-26-22-30(52-2)17-21-36(26)53-3/h5-18,20-23,32-34,38-39,47H,19,24H2,1-4H3. The molecule has 4 aromatic rings. The van der Waals surface area contributed by atoms with Gasteiger partial charge in [-0.25, -0.2) is 4.90 Å². The van der Waals surface area contributed by atoms with Crippen molar-refractivity contribution in [3.05, 3.63) is 119 Å². The van der Waals surface area contributed by atoms with Crippen LogP contribution in [0.5, 0.6) is 23.0 Å². The minimum absolute atomic E-state index is 0.0949. The Morgan fingerprint density at radius 2 is 1.43 bits per heavy atom. The van der Waals surface area contributed by atoms with E-state index in [2.05, 4.69) is 0 Å². The van der Waals surface area contributed by atoms with Gasteiger partial charge in [-0.05, 0) is 91.4 Å². The monoisotopic (exact) mass is 724 g/mol. The Morgan fingerprint density at radius 1 is 0.722 bits per heavy atom.